The normalized spacial score (nSPS) is 11.1. The third-order valence-corrected chi connectivity index (χ3v) is 2.16. The molecule has 0 saturated heterocycles. The van der Waals surface area contributed by atoms with Crippen molar-refractivity contribution in [3.8, 4) is 0 Å². The predicted octanol–water partition coefficient (Wildman–Crippen LogP) is -0.0368. The summed E-state index contributed by atoms with van der Waals surface area (Å²) in [5.74, 6) is 3.09. The lowest BCUT2D eigenvalue weighted by atomic mass is 10.4. The molecule has 10 heteroatoms. The minimum atomic E-state index is -4.70. The zero-order valence-corrected chi connectivity index (χ0v) is 10.2. The molecule has 0 radical (unpaired) electrons. The molecule has 1 rings (SSSR count). The maximum Gasteiger partial charge on any atom is 0.451 e. The Balaban J connectivity index is 3.09. The van der Waals surface area contributed by atoms with Gasteiger partial charge in [0.2, 0.25) is 11.7 Å². The van der Waals surface area contributed by atoms with Gasteiger partial charge in [0.1, 0.15) is 11.6 Å². The molecule has 0 aliphatic rings. The fraction of sp³-hybridized carbons (Fsp3) is 0.444. The van der Waals surface area contributed by atoms with Crippen LogP contribution in [0.4, 0.5) is 24.8 Å². The van der Waals surface area contributed by atoms with Crippen LogP contribution in [0.15, 0.2) is 6.07 Å². The Kier molecular flexibility index (Phi) is 4.48. The number of alkyl halides is 3. The van der Waals surface area contributed by atoms with Gasteiger partial charge in [0.15, 0.2) is 0 Å². The van der Waals surface area contributed by atoms with E-state index in [1.807, 2.05) is 5.43 Å². The second-order valence-corrected chi connectivity index (χ2v) is 3.61. The van der Waals surface area contributed by atoms with Gasteiger partial charge in [0, 0.05) is 20.2 Å². The molecular weight excluding hydrogens is 265 g/mol. The number of hydrogen-bond acceptors (Lipinski definition) is 6. The quantitative estimate of drug-likeness (QED) is 0.528. The molecule has 106 valence electrons. The fourth-order valence-corrected chi connectivity index (χ4v) is 1.21. The molecule has 1 aromatic rings. The second-order valence-electron chi connectivity index (χ2n) is 3.61. The molecule has 0 aliphatic carbocycles. The number of nitrogens with one attached hydrogen (secondary N) is 2. The van der Waals surface area contributed by atoms with E-state index in [1.165, 1.54) is 25.1 Å². The molecule has 7 nitrogen and oxygen atoms in total. The summed E-state index contributed by atoms with van der Waals surface area (Å²) in [4.78, 5) is 19.0. The fourth-order valence-electron chi connectivity index (χ4n) is 1.21. The highest BCUT2D eigenvalue weighted by atomic mass is 19.4. The van der Waals surface area contributed by atoms with Gasteiger partial charge >= 0.3 is 6.18 Å². The third-order valence-electron chi connectivity index (χ3n) is 2.16. The van der Waals surface area contributed by atoms with Gasteiger partial charge in [-0.1, -0.05) is 0 Å². The number of amides is 1. The van der Waals surface area contributed by atoms with Gasteiger partial charge in [-0.2, -0.15) is 13.2 Å². The number of halogens is 3. The summed E-state index contributed by atoms with van der Waals surface area (Å²) in [5, 5.41) is 2.35. The largest absolute Gasteiger partial charge is 0.451 e. The molecule has 0 bridgehead atoms. The Morgan fingerprint density at radius 1 is 1.47 bits per heavy atom. The van der Waals surface area contributed by atoms with E-state index in [0.29, 0.717) is 0 Å². The smallest absolute Gasteiger partial charge is 0.358 e. The van der Waals surface area contributed by atoms with Crippen molar-refractivity contribution in [3.05, 3.63) is 11.9 Å². The number of hydrogen-bond donors (Lipinski definition) is 3. The van der Waals surface area contributed by atoms with Gasteiger partial charge in [-0.05, 0) is 0 Å². The van der Waals surface area contributed by atoms with E-state index in [0.717, 1.165) is 0 Å². The van der Waals surface area contributed by atoms with Crippen LogP contribution in [0.5, 0.6) is 0 Å². The van der Waals surface area contributed by atoms with Crippen LogP contribution < -0.4 is 21.5 Å². The molecule has 1 amide bonds. The first-order chi connectivity index (χ1) is 8.77. The van der Waals surface area contributed by atoms with Crippen LogP contribution >= 0.6 is 0 Å². The van der Waals surface area contributed by atoms with Crippen molar-refractivity contribution in [2.45, 2.75) is 6.18 Å². The molecule has 0 aromatic carbocycles. The van der Waals surface area contributed by atoms with E-state index in [-0.39, 0.29) is 24.1 Å². The maximum atomic E-state index is 12.6. The second kappa shape index (κ2) is 5.69. The molecule has 1 aromatic heterocycles. The third kappa shape index (κ3) is 3.95. The molecule has 0 aliphatic heterocycles. The van der Waals surface area contributed by atoms with E-state index in [1.54, 1.807) is 0 Å². The average Bonchev–Trinajstić information content (AvgIpc) is 2.36. The van der Waals surface area contributed by atoms with Crippen LogP contribution in [0.2, 0.25) is 0 Å². The van der Waals surface area contributed by atoms with Crippen molar-refractivity contribution in [3.63, 3.8) is 0 Å². The zero-order valence-electron chi connectivity index (χ0n) is 10.2. The van der Waals surface area contributed by atoms with E-state index < -0.39 is 12.0 Å². The number of anilines is 2. The first-order valence-electron chi connectivity index (χ1n) is 5.12. The predicted molar refractivity (Wildman–Crippen MR) is 62.2 cm³/mol. The van der Waals surface area contributed by atoms with Gasteiger partial charge in [0.25, 0.3) is 0 Å². The van der Waals surface area contributed by atoms with Crippen molar-refractivity contribution >= 4 is 17.5 Å². The number of nitrogens with two attached hydrogens (primary N) is 1. The van der Waals surface area contributed by atoms with Crippen LogP contribution in [0.1, 0.15) is 5.82 Å². The molecule has 4 N–H and O–H groups in total. The molecule has 0 atom stereocenters. The van der Waals surface area contributed by atoms with Gasteiger partial charge in [-0.15, -0.1) is 0 Å². The van der Waals surface area contributed by atoms with Crippen molar-refractivity contribution < 1.29 is 18.0 Å². The van der Waals surface area contributed by atoms with Crippen molar-refractivity contribution in [2.24, 2.45) is 5.84 Å². The standard InChI is InChI=1S/C9H13F3N6O/c1-14-7(19)4-18(2)6-3-5(17-13)15-8(16-6)9(10,11)12/h3H,4,13H2,1-2H3,(H,14,19)(H,15,16,17). The lowest BCUT2D eigenvalue weighted by Crippen LogP contribution is -2.34. The number of carbonyl (C=O) groups is 1. The van der Waals surface area contributed by atoms with Crippen molar-refractivity contribution in [1.82, 2.24) is 15.3 Å². The first kappa shape index (κ1) is 15.0. The van der Waals surface area contributed by atoms with E-state index in [4.69, 9.17) is 5.84 Å². The van der Waals surface area contributed by atoms with Crippen LogP contribution in [0, 0.1) is 0 Å². The van der Waals surface area contributed by atoms with Crippen LogP contribution in [0.3, 0.4) is 0 Å². The minimum absolute atomic E-state index is 0.0705. The molecular formula is C9H13F3N6O. The highest BCUT2D eigenvalue weighted by molar-refractivity contribution is 5.80. The highest BCUT2D eigenvalue weighted by Crippen LogP contribution is 2.28. The first-order valence-corrected chi connectivity index (χ1v) is 5.12. The summed E-state index contributed by atoms with van der Waals surface area (Å²) in [7, 11) is 2.85. The SMILES string of the molecule is CNC(=O)CN(C)c1cc(NN)nc(C(F)(F)F)n1. The van der Waals surface area contributed by atoms with Gasteiger partial charge in [-0.3, -0.25) is 4.79 Å². The summed E-state index contributed by atoms with van der Waals surface area (Å²) >= 11 is 0. The Morgan fingerprint density at radius 2 is 2.11 bits per heavy atom. The molecule has 19 heavy (non-hydrogen) atoms. The number of nitrogen functional groups attached to an aromatic ring is 1. The molecule has 0 saturated carbocycles. The Labute approximate surface area is 107 Å². The van der Waals surface area contributed by atoms with Crippen molar-refractivity contribution in [1.29, 1.82) is 0 Å². The monoisotopic (exact) mass is 278 g/mol. The maximum absolute atomic E-state index is 12.6. The molecule has 1 heterocycles. The minimum Gasteiger partial charge on any atom is -0.358 e. The van der Waals surface area contributed by atoms with Crippen LogP contribution in [0.25, 0.3) is 0 Å². The van der Waals surface area contributed by atoms with Gasteiger partial charge < -0.3 is 15.6 Å². The molecule has 0 unspecified atom stereocenters. The number of hydrazine groups is 1. The lowest BCUT2D eigenvalue weighted by Gasteiger charge is -2.19. The lowest BCUT2D eigenvalue weighted by molar-refractivity contribution is -0.144. The van der Waals surface area contributed by atoms with Crippen molar-refractivity contribution in [2.75, 3.05) is 31.0 Å². The Hall–Kier alpha value is -2.10. The number of aromatic nitrogens is 2. The molecule has 0 spiro atoms. The Bertz CT molecular complexity index is 464. The molecule has 0 fully saturated rings. The Morgan fingerprint density at radius 3 is 2.58 bits per heavy atom. The van der Waals surface area contributed by atoms with Gasteiger partial charge in [-0.25, -0.2) is 15.8 Å². The number of carbonyl (C=O) groups excluding carboxylic acids is 1. The summed E-state index contributed by atoms with van der Waals surface area (Å²) in [6, 6.07) is 1.21. The highest BCUT2D eigenvalue weighted by Gasteiger charge is 2.35. The summed E-state index contributed by atoms with van der Waals surface area (Å²) in [6.45, 7) is -0.144. The average molecular weight is 278 g/mol. The number of rotatable bonds is 4. The van der Waals surface area contributed by atoms with E-state index in [9.17, 15) is 18.0 Å². The zero-order chi connectivity index (χ0) is 14.6. The summed E-state index contributed by atoms with van der Waals surface area (Å²) in [6.07, 6.45) is -4.70. The topological polar surface area (TPSA) is 96.2 Å². The van der Waals surface area contributed by atoms with E-state index in [2.05, 4.69) is 15.3 Å². The number of likely N-dealkylation sites (N-methyl/N-ethyl adjacent to an activating group) is 2. The summed E-state index contributed by atoms with van der Waals surface area (Å²) in [5.41, 5.74) is 2.02. The van der Waals surface area contributed by atoms with Gasteiger partial charge in [0.05, 0.1) is 6.54 Å². The number of nitrogens with zero attached hydrogens (tertiary/aromatic N) is 3. The van der Waals surface area contributed by atoms with Crippen LogP contribution in [-0.2, 0) is 11.0 Å². The summed E-state index contributed by atoms with van der Waals surface area (Å²) < 4.78 is 37.8. The van der Waals surface area contributed by atoms with Crippen LogP contribution in [-0.4, -0.2) is 36.5 Å². The van der Waals surface area contributed by atoms with E-state index >= 15 is 0 Å².